The van der Waals surface area contributed by atoms with E-state index in [1.54, 1.807) is 25.1 Å². The lowest BCUT2D eigenvalue weighted by Crippen LogP contribution is -2.21. The van der Waals surface area contributed by atoms with E-state index < -0.39 is 17.8 Å². The Balaban J connectivity index is 1.66. The van der Waals surface area contributed by atoms with Gasteiger partial charge in [0.2, 0.25) is 0 Å². The molecule has 1 amide bonds. The minimum absolute atomic E-state index is 0.0195. The highest BCUT2D eigenvalue weighted by Crippen LogP contribution is 2.31. The summed E-state index contributed by atoms with van der Waals surface area (Å²) in [6, 6.07) is 11.7. The van der Waals surface area contributed by atoms with Crippen LogP contribution in [-0.4, -0.2) is 33.8 Å². The van der Waals surface area contributed by atoms with E-state index in [2.05, 4.69) is 5.10 Å². The van der Waals surface area contributed by atoms with Crippen LogP contribution in [0.5, 0.6) is 0 Å². The van der Waals surface area contributed by atoms with Gasteiger partial charge in [0.15, 0.2) is 0 Å². The van der Waals surface area contributed by atoms with Crippen LogP contribution < -0.4 is 5.01 Å². The summed E-state index contributed by atoms with van der Waals surface area (Å²) in [7, 11) is 0. The van der Waals surface area contributed by atoms with Gasteiger partial charge in [0.05, 0.1) is 33.1 Å². The van der Waals surface area contributed by atoms with Crippen molar-refractivity contribution in [2.75, 3.05) is 5.01 Å². The molecule has 166 valence electrons. The highest BCUT2D eigenvalue weighted by Gasteiger charge is 2.30. The summed E-state index contributed by atoms with van der Waals surface area (Å²) in [6.45, 7) is 1.63. The molecule has 2 N–H and O–H groups in total. The molecule has 1 aliphatic rings. The van der Waals surface area contributed by atoms with Crippen LogP contribution in [0, 0.1) is 0 Å². The second-order valence-corrected chi connectivity index (χ2v) is 7.87. The van der Waals surface area contributed by atoms with E-state index in [4.69, 9.17) is 27.6 Å². The average Bonchev–Trinajstić information content (AvgIpc) is 3.34. The smallest absolute Gasteiger partial charge is 0.337 e. The zero-order valence-electron chi connectivity index (χ0n) is 16.9. The molecule has 4 rings (SSSR count). The number of carbonyl (C=O) groups is 3. The van der Waals surface area contributed by atoms with Crippen molar-refractivity contribution in [3.63, 3.8) is 0 Å². The van der Waals surface area contributed by atoms with Gasteiger partial charge < -0.3 is 14.6 Å². The summed E-state index contributed by atoms with van der Waals surface area (Å²) in [4.78, 5) is 35.9. The molecule has 0 spiro atoms. The first-order valence-corrected chi connectivity index (χ1v) is 10.2. The lowest BCUT2D eigenvalue weighted by molar-refractivity contribution is -0.114. The molecule has 0 aliphatic carbocycles. The van der Waals surface area contributed by atoms with Crippen molar-refractivity contribution in [1.82, 2.24) is 0 Å². The second-order valence-electron chi connectivity index (χ2n) is 7.03. The molecule has 8 nitrogen and oxygen atoms in total. The summed E-state index contributed by atoms with van der Waals surface area (Å²) in [5, 5.41) is 24.3. The van der Waals surface area contributed by atoms with Crippen molar-refractivity contribution >= 4 is 58.5 Å². The molecule has 1 aromatic heterocycles. The molecule has 33 heavy (non-hydrogen) atoms. The van der Waals surface area contributed by atoms with Gasteiger partial charge in [-0.1, -0.05) is 23.2 Å². The Bertz CT molecular complexity index is 1390. The maximum Gasteiger partial charge on any atom is 0.337 e. The summed E-state index contributed by atoms with van der Waals surface area (Å²) in [5.41, 5.74) is 1.04. The van der Waals surface area contributed by atoms with E-state index in [0.29, 0.717) is 17.0 Å². The third-order valence-corrected chi connectivity index (χ3v) is 5.44. The Morgan fingerprint density at radius 1 is 1.00 bits per heavy atom. The molecule has 2 heterocycles. The van der Waals surface area contributed by atoms with Gasteiger partial charge in [0.1, 0.15) is 11.5 Å². The van der Waals surface area contributed by atoms with E-state index in [-0.39, 0.29) is 38.2 Å². The SMILES string of the molecule is CC1=NN(c2ccc(Cl)c(C(=O)O)c2)C(=O)/C1=C\c1ccc(-c2ccc(Cl)cc2C(=O)O)o1. The van der Waals surface area contributed by atoms with Crippen molar-refractivity contribution in [2.45, 2.75) is 6.92 Å². The zero-order valence-corrected chi connectivity index (χ0v) is 18.4. The quantitative estimate of drug-likeness (QED) is 0.464. The van der Waals surface area contributed by atoms with Crippen molar-refractivity contribution < 1.29 is 29.0 Å². The fourth-order valence-electron chi connectivity index (χ4n) is 3.29. The number of carbonyl (C=O) groups excluding carboxylic acids is 1. The number of anilines is 1. The standard InChI is InChI=1S/C23H14Cl2N2O6/c1-11-16(21(28)27(26-11)13-3-6-19(25)18(9-13)23(31)32)10-14-4-7-20(33-14)15-5-2-12(24)8-17(15)22(29)30/h2-10H,1H3,(H,29,30)(H,31,32)/b16-10-. The van der Waals surface area contributed by atoms with E-state index in [9.17, 15) is 24.6 Å². The molecule has 0 radical (unpaired) electrons. The van der Waals surface area contributed by atoms with Gasteiger partial charge >= 0.3 is 11.9 Å². The number of furan rings is 1. The fourth-order valence-corrected chi connectivity index (χ4v) is 3.66. The van der Waals surface area contributed by atoms with Gasteiger partial charge in [-0.25, -0.2) is 9.59 Å². The molecular formula is C23H14Cl2N2O6. The zero-order chi connectivity index (χ0) is 23.9. The van der Waals surface area contributed by atoms with Crippen LogP contribution in [0.3, 0.4) is 0 Å². The molecule has 1 aliphatic heterocycles. The van der Waals surface area contributed by atoms with Crippen LogP contribution in [0.2, 0.25) is 10.0 Å². The summed E-state index contributed by atoms with van der Waals surface area (Å²) in [5.74, 6) is -2.27. The maximum atomic E-state index is 13.0. The Morgan fingerprint density at radius 3 is 2.42 bits per heavy atom. The van der Waals surface area contributed by atoms with Crippen LogP contribution >= 0.6 is 23.2 Å². The van der Waals surface area contributed by atoms with Crippen LogP contribution in [0.25, 0.3) is 17.4 Å². The minimum atomic E-state index is -1.23. The number of amides is 1. The number of aromatic carboxylic acids is 2. The lowest BCUT2D eigenvalue weighted by atomic mass is 10.1. The number of hydrogen-bond acceptors (Lipinski definition) is 5. The van der Waals surface area contributed by atoms with Crippen molar-refractivity contribution in [2.24, 2.45) is 5.10 Å². The first-order chi connectivity index (χ1) is 15.7. The van der Waals surface area contributed by atoms with Gasteiger partial charge in [-0.05, 0) is 61.5 Å². The molecule has 0 saturated heterocycles. The number of nitrogens with zero attached hydrogens (tertiary/aromatic N) is 2. The Labute approximate surface area is 197 Å². The van der Waals surface area contributed by atoms with Gasteiger partial charge in [-0.2, -0.15) is 10.1 Å². The molecule has 2 aromatic carbocycles. The largest absolute Gasteiger partial charge is 0.478 e. The minimum Gasteiger partial charge on any atom is -0.478 e. The van der Waals surface area contributed by atoms with Gasteiger partial charge in [-0.3, -0.25) is 4.79 Å². The van der Waals surface area contributed by atoms with Crippen LogP contribution in [0.1, 0.15) is 33.4 Å². The van der Waals surface area contributed by atoms with E-state index >= 15 is 0 Å². The van der Waals surface area contributed by atoms with Gasteiger partial charge in [-0.15, -0.1) is 0 Å². The fraction of sp³-hybridized carbons (Fsp3) is 0.0435. The third kappa shape index (κ3) is 4.26. The average molecular weight is 485 g/mol. The molecule has 0 fully saturated rings. The Hall–Kier alpha value is -3.88. The van der Waals surface area contributed by atoms with Gasteiger partial charge in [0.25, 0.3) is 5.91 Å². The monoisotopic (exact) mass is 484 g/mol. The van der Waals surface area contributed by atoms with Crippen molar-refractivity contribution in [3.05, 3.63) is 81.0 Å². The number of benzene rings is 2. The number of carboxylic acid groups (broad SMARTS) is 2. The number of hydrazone groups is 1. The number of hydrogen-bond donors (Lipinski definition) is 2. The second kappa shape index (κ2) is 8.57. The van der Waals surface area contributed by atoms with Crippen LogP contribution in [0.4, 0.5) is 5.69 Å². The Kier molecular flexibility index (Phi) is 5.80. The molecular weight excluding hydrogens is 471 g/mol. The summed E-state index contributed by atoms with van der Waals surface area (Å²) < 4.78 is 5.76. The lowest BCUT2D eigenvalue weighted by Gasteiger charge is -2.12. The molecule has 0 unspecified atom stereocenters. The first-order valence-electron chi connectivity index (χ1n) is 9.43. The predicted molar refractivity (Wildman–Crippen MR) is 123 cm³/mol. The highest BCUT2D eigenvalue weighted by molar-refractivity contribution is 6.34. The molecule has 10 heteroatoms. The van der Waals surface area contributed by atoms with Crippen LogP contribution in [-0.2, 0) is 4.79 Å². The van der Waals surface area contributed by atoms with E-state index in [0.717, 1.165) is 5.01 Å². The van der Waals surface area contributed by atoms with E-state index in [1.807, 2.05) is 0 Å². The number of carboxylic acids is 2. The maximum absolute atomic E-state index is 13.0. The van der Waals surface area contributed by atoms with Crippen molar-refractivity contribution in [3.8, 4) is 11.3 Å². The molecule has 3 aromatic rings. The van der Waals surface area contributed by atoms with E-state index in [1.165, 1.54) is 36.4 Å². The Morgan fingerprint density at radius 2 is 1.73 bits per heavy atom. The topological polar surface area (TPSA) is 120 Å². The first kappa shape index (κ1) is 22.3. The normalized spacial score (nSPS) is 14.6. The third-order valence-electron chi connectivity index (χ3n) is 4.88. The van der Waals surface area contributed by atoms with Crippen molar-refractivity contribution in [1.29, 1.82) is 0 Å². The summed E-state index contributed by atoms with van der Waals surface area (Å²) >= 11 is 11.8. The van der Waals surface area contributed by atoms with Gasteiger partial charge in [0, 0.05) is 10.6 Å². The highest BCUT2D eigenvalue weighted by atomic mass is 35.5. The van der Waals surface area contributed by atoms with Crippen LogP contribution in [0.15, 0.2) is 63.6 Å². The molecule has 0 saturated carbocycles. The summed E-state index contributed by atoms with van der Waals surface area (Å²) in [6.07, 6.45) is 1.48. The number of rotatable bonds is 5. The number of halogens is 2. The molecule has 0 atom stereocenters. The predicted octanol–water partition coefficient (Wildman–Crippen LogP) is 5.46. The molecule has 0 bridgehead atoms.